The first kappa shape index (κ1) is 64.7. The van der Waals surface area contributed by atoms with Crippen molar-refractivity contribution in [3.05, 3.63) is 109 Å². The molecule has 68 heavy (non-hydrogen) atoms. The summed E-state index contributed by atoms with van der Waals surface area (Å²) >= 11 is 0. The van der Waals surface area contributed by atoms with E-state index in [9.17, 15) is 19.0 Å². The first-order valence-electron chi connectivity index (χ1n) is 26.9. The van der Waals surface area contributed by atoms with Crippen molar-refractivity contribution in [2.75, 3.05) is 26.4 Å². The van der Waals surface area contributed by atoms with Gasteiger partial charge in [-0.05, 0) is 83.5 Å². The highest BCUT2D eigenvalue weighted by Gasteiger charge is 2.26. The van der Waals surface area contributed by atoms with Crippen LogP contribution in [0, 0.1) is 0 Å². The molecule has 3 N–H and O–H groups in total. The molecule has 0 saturated carbocycles. The van der Waals surface area contributed by atoms with Crippen molar-refractivity contribution >= 4 is 19.8 Å². The summed E-state index contributed by atoms with van der Waals surface area (Å²) in [7, 11) is -4.39. The van der Waals surface area contributed by atoms with E-state index in [-0.39, 0.29) is 38.6 Å². The normalized spacial score (nSPS) is 14.0. The van der Waals surface area contributed by atoms with Gasteiger partial charge in [0.05, 0.1) is 13.2 Å². The third-order valence-corrected chi connectivity index (χ3v) is 11.9. The molecule has 0 amide bonds. The molecule has 0 aliphatic carbocycles. The van der Waals surface area contributed by atoms with Gasteiger partial charge in [-0.25, -0.2) is 4.57 Å². The first-order chi connectivity index (χ1) is 33.3. The number of unbranched alkanes of at least 4 members (excludes halogenated alkanes) is 18. The Labute approximate surface area is 416 Å². The summed E-state index contributed by atoms with van der Waals surface area (Å²) < 4.78 is 32.9. The maximum absolute atomic E-state index is 12.7. The van der Waals surface area contributed by atoms with Gasteiger partial charge in [0.1, 0.15) is 6.61 Å². The first-order valence-corrected chi connectivity index (χ1v) is 28.4. The molecule has 0 aromatic rings. The zero-order valence-electron chi connectivity index (χ0n) is 43.0. The van der Waals surface area contributed by atoms with Crippen LogP contribution in [0.1, 0.15) is 213 Å². The van der Waals surface area contributed by atoms with Crippen LogP contribution in [0.15, 0.2) is 109 Å². The average Bonchev–Trinajstić information content (AvgIpc) is 3.33. The second kappa shape index (κ2) is 53.0. The van der Waals surface area contributed by atoms with Gasteiger partial charge >= 0.3 is 19.8 Å². The number of ether oxygens (including phenoxy) is 2. The molecule has 0 aliphatic rings. The Morgan fingerprint density at radius 2 is 0.809 bits per heavy atom. The van der Waals surface area contributed by atoms with E-state index in [1.54, 1.807) is 0 Å². The number of allylic oxidation sites excluding steroid dienone is 18. The Morgan fingerprint density at radius 1 is 0.456 bits per heavy atom. The van der Waals surface area contributed by atoms with Crippen LogP contribution in [0.25, 0.3) is 0 Å². The van der Waals surface area contributed by atoms with E-state index in [0.29, 0.717) is 6.42 Å². The average molecular weight is 968 g/mol. The summed E-state index contributed by atoms with van der Waals surface area (Å²) in [6.45, 7) is 3.59. The second-order valence-corrected chi connectivity index (χ2v) is 18.8. The van der Waals surface area contributed by atoms with Crippen LogP contribution in [0.5, 0.6) is 0 Å². The van der Waals surface area contributed by atoms with Crippen molar-refractivity contribution in [3.63, 3.8) is 0 Å². The van der Waals surface area contributed by atoms with Gasteiger partial charge in [0, 0.05) is 19.4 Å². The molecule has 0 aliphatic heterocycles. The van der Waals surface area contributed by atoms with E-state index in [2.05, 4.69) is 123 Å². The number of nitrogens with two attached hydrogens (primary N) is 1. The van der Waals surface area contributed by atoms with Crippen LogP contribution < -0.4 is 5.73 Å². The molecule has 0 aromatic heterocycles. The summed E-state index contributed by atoms with van der Waals surface area (Å²) in [5, 5.41) is 0. The van der Waals surface area contributed by atoms with Gasteiger partial charge in [0.15, 0.2) is 6.10 Å². The highest BCUT2D eigenvalue weighted by molar-refractivity contribution is 7.47. The zero-order chi connectivity index (χ0) is 49.5. The van der Waals surface area contributed by atoms with E-state index in [1.807, 2.05) is 0 Å². The second-order valence-electron chi connectivity index (χ2n) is 17.4. The molecule has 0 fully saturated rings. The molecule has 9 nitrogen and oxygen atoms in total. The summed E-state index contributed by atoms with van der Waals surface area (Å²) in [6.07, 6.45) is 71.3. The standard InChI is InChI=1S/C58H98NO8P/c1-3-5-7-9-11-13-15-17-19-20-21-22-23-24-25-26-27-28-29-30-31-32-33-34-35-36-37-39-41-43-45-47-49-51-58(61)67-56(55-66-68(62,63)65-53-52-59)54-64-57(60)50-48-46-44-42-40-38-18-16-14-12-10-8-6-4-2/h5,7,11,13,17,19,21-22,24-25,27-28,30-31,33-34,36-37,56H,3-4,6,8-10,12,14-16,18,20,23,26,29,32,35,38-55,59H2,1-2H3,(H,62,63)/b7-5-,13-11-,19-17-,22-21-,25-24-,28-27-,31-30-,34-33-,37-36-. The van der Waals surface area contributed by atoms with Gasteiger partial charge in [0.2, 0.25) is 0 Å². The zero-order valence-corrected chi connectivity index (χ0v) is 43.9. The molecular weight excluding hydrogens is 870 g/mol. The van der Waals surface area contributed by atoms with Crippen LogP contribution >= 0.6 is 7.82 Å². The van der Waals surface area contributed by atoms with Crippen molar-refractivity contribution < 1.29 is 37.6 Å². The minimum absolute atomic E-state index is 0.0454. The summed E-state index contributed by atoms with van der Waals surface area (Å²) in [6, 6.07) is 0. The number of carbonyl (C=O) groups excluding carboxylic acids is 2. The van der Waals surface area contributed by atoms with E-state index >= 15 is 0 Å². The van der Waals surface area contributed by atoms with Crippen molar-refractivity contribution in [1.82, 2.24) is 0 Å². The maximum Gasteiger partial charge on any atom is 0.472 e. The Balaban J connectivity index is 4.08. The van der Waals surface area contributed by atoms with E-state index in [4.69, 9.17) is 24.3 Å². The van der Waals surface area contributed by atoms with Crippen molar-refractivity contribution in [2.24, 2.45) is 5.73 Å². The minimum Gasteiger partial charge on any atom is -0.462 e. The molecule has 0 heterocycles. The number of hydrogen-bond acceptors (Lipinski definition) is 8. The minimum atomic E-state index is -4.39. The Kier molecular flexibility index (Phi) is 50.4. The third-order valence-electron chi connectivity index (χ3n) is 10.9. The third kappa shape index (κ3) is 52.0. The van der Waals surface area contributed by atoms with Crippen LogP contribution in [-0.4, -0.2) is 49.3 Å². The van der Waals surface area contributed by atoms with Gasteiger partial charge in [-0.15, -0.1) is 0 Å². The monoisotopic (exact) mass is 968 g/mol. The predicted octanol–water partition coefficient (Wildman–Crippen LogP) is 16.7. The molecule has 2 unspecified atom stereocenters. The predicted molar refractivity (Wildman–Crippen MR) is 288 cm³/mol. The summed E-state index contributed by atoms with van der Waals surface area (Å²) in [4.78, 5) is 35.0. The molecule has 10 heteroatoms. The molecule has 0 radical (unpaired) electrons. The number of esters is 2. The van der Waals surface area contributed by atoms with Crippen molar-refractivity contribution in [3.8, 4) is 0 Å². The number of carbonyl (C=O) groups is 2. The van der Waals surface area contributed by atoms with Crippen LogP contribution in [-0.2, 0) is 32.7 Å². The van der Waals surface area contributed by atoms with E-state index in [1.165, 1.54) is 70.6 Å². The Hall–Kier alpha value is -3.33. The largest absolute Gasteiger partial charge is 0.472 e. The summed E-state index contributed by atoms with van der Waals surface area (Å²) in [5.74, 6) is -0.854. The molecule has 0 rings (SSSR count). The lowest BCUT2D eigenvalue weighted by molar-refractivity contribution is -0.161. The fourth-order valence-corrected chi connectivity index (χ4v) is 7.75. The molecule has 0 spiro atoms. The van der Waals surface area contributed by atoms with E-state index in [0.717, 1.165) is 109 Å². The van der Waals surface area contributed by atoms with Gasteiger partial charge < -0.3 is 20.1 Å². The van der Waals surface area contributed by atoms with E-state index < -0.39 is 26.5 Å². The molecular formula is C58H98NO8P. The maximum atomic E-state index is 12.7. The number of phosphoric ester groups is 1. The fraction of sp³-hybridized carbons (Fsp3) is 0.655. The van der Waals surface area contributed by atoms with Gasteiger partial charge in [-0.1, -0.05) is 226 Å². The van der Waals surface area contributed by atoms with Crippen molar-refractivity contribution in [2.45, 2.75) is 219 Å². The van der Waals surface area contributed by atoms with Crippen LogP contribution in [0.2, 0.25) is 0 Å². The molecule has 388 valence electrons. The molecule has 0 aromatic carbocycles. The lowest BCUT2D eigenvalue weighted by Crippen LogP contribution is -2.29. The Morgan fingerprint density at radius 3 is 1.21 bits per heavy atom. The summed E-state index contributed by atoms with van der Waals surface area (Å²) in [5.41, 5.74) is 5.36. The smallest absolute Gasteiger partial charge is 0.462 e. The quantitative estimate of drug-likeness (QED) is 0.0264. The lowest BCUT2D eigenvalue weighted by atomic mass is 10.0. The molecule has 0 bridgehead atoms. The van der Waals surface area contributed by atoms with Crippen molar-refractivity contribution in [1.29, 1.82) is 0 Å². The van der Waals surface area contributed by atoms with Gasteiger partial charge in [0.25, 0.3) is 0 Å². The fourth-order valence-electron chi connectivity index (χ4n) is 6.98. The highest BCUT2D eigenvalue weighted by atomic mass is 31.2. The topological polar surface area (TPSA) is 134 Å². The van der Waals surface area contributed by atoms with Crippen LogP contribution in [0.4, 0.5) is 0 Å². The lowest BCUT2D eigenvalue weighted by Gasteiger charge is -2.19. The Bertz CT molecular complexity index is 1480. The number of phosphoric acid groups is 1. The van der Waals surface area contributed by atoms with Crippen LogP contribution in [0.3, 0.4) is 0 Å². The van der Waals surface area contributed by atoms with Gasteiger partial charge in [-0.2, -0.15) is 0 Å². The number of hydrogen-bond donors (Lipinski definition) is 2. The molecule has 2 atom stereocenters. The SMILES string of the molecule is CC/C=C\C/C=C\C/C=C\C/C=C\C/C=C\C/C=C\C/C=C\C/C=C\C/C=C\CCCCCCCC(=O)OC(COC(=O)CCCCCCCCCCCCCCCC)COP(=O)(O)OCCN. The van der Waals surface area contributed by atoms with Gasteiger partial charge in [-0.3, -0.25) is 18.6 Å². The highest BCUT2D eigenvalue weighted by Crippen LogP contribution is 2.43. The number of rotatable bonds is 49. The molecule has 0 saturated heterocycles.